The monoisotopic (exact) mass is 241 g/mol. The largest absolute Gasteiger partial charge is 0.444 e. The summed E-state index contributed by atoms with van der Waals surface area (Å²) in [6.07, 6.45) is 1.65. The van der Waals surface area contributed by atoms with Crippen molar-refractivity contribution in [1.82, 2.24) is 15.6 Å². The highest BCUT2D eigenvalue weighted by atomic mass is 32.2. The summed E-state index contributed by atoms with van der Waals surface area (Å²) in [7, 11) is 0. The molecule has 0 aromatic carbocycles. The van der Waals surface area contributed by atoms with Crippen molar-refractivity contribution in [1.29, 1.82) is 0 Å². The number of aromatic nitrogens is 1. The fourth-order valence-electron chi connectivity index (χ4n) is 1.51. The van der Waals surface area contributed by atoms with Crippen molar-refractivity contribution in [3.8, 4) is 0 Å². The number of carbonyl (C=O) groups is 1. The van der Waals surface area contributed by atoms with Crippen molar-refractivity contribution in [2.75, 3.05) is 11.6 Å². The van der Waals surface area contributed by atoms with E-state index in [1.54, 1.807) is 18.0 Å². The Hall–Kier alpha value is -1.01. The van der Waals surface area contributed by atoms with E-state index in [4.69, 9.17) is 4.42 Å². The smallest absolute Gasteiger partial charge is 0.238 e. The van der Waals surface area contributed by atoms with Crippen LogP contribution in [0, 0.1) is 6.92 Å². The molecule has 0 spiro atoms. The second kappa shape index (κ2) is 4.88. The first kappa shape index (κ1) is 11.5. The first-order valence-corrected chi connectivity index (χ1v) is 6.36. The summed E-state index contributed by atoms with van der Waals surface area (Å²) < 4.78 is 5.36. The van der Waals surface area contributed by atoms with E-state index >= 15 is 0 Å². The standard InChI is InChI=1S/C10H15N3O2S/c1-6-3-11-10(15-6)7(2)13-9(14)8-4-16-5-12-8/h3,7-8,12H,4-5H2,1-2H3,(H,13,14). The van der Waals surface area contributed by atoms with Gasteiger partial charge in [0, 0.05) is 11.6 Å². The number of oxazole rings is 1. The van der Waals surface area contributed by atoms with Gasteiger partial charge in [-0.15, -0.1) is 11.8 Å². The van der Waals surface area contributed by atoms with Crippen LogP contribution < -0.4 is 10.6 Å². The van der Waals surface area contributed by atoms with Gasteiger partial charge in [0.15, 0.2) is 0 Å². The van der Waals surface area contributed by atoms with Gasteiger partial charge >= 0.3 is 0 Å². The predicted molar refractivity (Wildman–Crippen MR) is 62.0 cm³/mol. The molecule has 2 N–H and O–H groups in total. The van der Waals surface area contributed by atoms with Crippen molar-refractivity contribution in [2.45, 2.75) is 25.9 Å². The Kier molecular flexibility index (Phi) is 3.50. The number of nitrogens with zero attached hydrogens (tertiary/aromatic N) is 1. The SMILES string of the molecule is Cc1cnc(C(C)NC(=O)C2CSCN2)o1. The van der Waals surface area contributed by atoms with Crippen LogP contribution in [-0.2, 0) is 4.79 Å². The van der Waals surface area contributed by atoms with Crippen LogP contribution in [0.15, 0.2) is 10.6 Å². The van der Waals surface area contributed by atoms with E-state index in [1.165, 1.54) is 0 Å². The predicted octanol–water partition coefficient (Wildman–Crippen LogP) is 0.823. The van der Waals surface area contributed by atoms with Gasteiger partial charge in [0.25, 0.3) is 0 Å². The van der Waals surface area contributed by atoms with Crippen LogP contribution in [0.4, 0.5) is 0 Å². The normalized spacial score (nSPS) is 22.0. The zero-order valence-corrected chi connectivity index (χ0v) is 10.1. The van der Waals surface area contributed by atoms with Crippen LogP contribution in [0.5, 0.6) is 0 Å². The molecule has 1 aromatic heterocycles. The lowest BCUT2D eigenvalue weighted by Crippen LogP contribution is -2.42. The first-order chi connectivity index (χ1) is 7.66. The highest BCUT2D eigenvalue weighted by molar-refractivity contribution is 7.99. The lowest BCUT2D eigenvalue weighted by Gasteiger charge is -2.14. The van der Waals surface area contributed by atoms with E-state index in [2.05, 4.69) is 15.6 Å². The summed E-state index contributed by atoms with van der Waals surface area (Å²) >= 11 is 1.73. The molecule has 1 saturated heterocycles. The lowest BCUT2D eigenvalue weighted by molar-refractivity contribution is -0.123. The Morgan fingerprint density at radius 1 is 1.81 bits per heavy atom. The van der Waals surface area contributed by atoms with E-state index in [9.17, 15) is 4.79 Å². The minimum Gasteiger partial charge on any atom is -0.444 e. The number of aryl methyl sites for hydroxylation is 1. The quantitative estimate of drug-likeness (QED) is 0.820. The molecule has 1 aliphatic heterocycles. The van der Waals surface area contributed by atoms with Gasteiger partial charge in [-0.05, 0) is 13.8 Å². The van der Waals surface area contributed by atoms with Gasteiger partial charge in [-0.2, -0.15) is 0 Å². The molecule has 0 radical (unpaired) electrons. The minimum atomic E-state index is -0.186. The van der Waals surface area contributed by atoms with E-state index < -0.39 is 0 Å². The Bertz CT molecular complexity index is 374. The number of nitrogens with one attached hydrogen (secondary N) is 2. The van der Waals surface area contributed by atoms with Gasteiger partial charge in [-0.25, -0.2) is 4.98 Å². The summed E-state index contributed by atoms with van der Waals surface area (Å²) in [4.78, 5) is 15.9. The molecular weight excluding hydrogens is 226 g/mol. The van der Waals surface area contributed by atoms with Crippen molar-refractivity contribution in [2.24, 2.45) is 0 Å². The minimum absolute atomic E-state index is 0.00773. The number of hydrogen-bond donors (Lipinski definition) is 2. The molecule has 2 unspecified atom stereocenters. The maximum absolute atomic E-state index is 11.8. The molecule has 88 valence electrons. The molecule has 1 aromatic rings. The second-order valence-electron chi connectivity index (χ2n) is 3.81. The number of amides is 1. The molecule has 16 heavy (non-hydrogen) atoms. The third-order valence-corrected chi connectivity index (χ3v) is 3.34. The first-order valence-electron chi connectivity index (χ1n) is 5.20. The van der Waals surface area contributed by atoms with Crippen molar-refractivity contribution in [3.05, 3.63) is 17.8 Å². The Balaban J connectivity index is 1.91. The second-order valence-corrected chi connectivity index (χ2v) is 4.84. The topological polar surface area (TPSA) is 67.2 Å². The lowest BCUT2D eigenvalue weighted by atomic mass is 10.2. The summed E-state index contributed by atoms with van der Waals surface area (Å²) in [6, 6.07) is -0.280. The summed E-state index contributed by atoms with van der Waals surface area (Å²) in [5, 5.41) is 6.00. The van der Waals surface area contributed by atoms with Gasteiger partial charge in [0.2, 0.25) is 11.8 Å². The summed E-state index contributed by atoms with van der Waals surface area (Å²) in [5.74, 6) is 2.98. The van der Waals surface area contributed by atoms with Crippen LogP contribution in [0.25, 0.3) is 0 Å². The van der Waals surface area contributed by atoms with Gasteiger partial charge in [-0.1, -0.05) is 0 Å². The molecule has 1 aliphatic rings. The number of rotatable bonds is 3. The van der Waals surface area contributed by atoms with E-state index in [1.807, 2.05) is 13.8 Å². The molecule has 0 saturated carbocycles. The maximum atomic E-state index is 11.8. The Labute approximate surface area is 98.4 Å². The highest BCUT2D eigenvalue weighted by Gasteiger charge is 2.24. The molecule has 0 aliphatic carbocycles. The average molecular weight is 241 g/mol. The molecule has 1 fully saturated rings. The van der Waals surface area contributed by atoms with Crippen LogP contribution in [0.2, 0.25) is 0 Å². The van der Waals surface area contributed by atoms with Gasteiger partial charge in [0.1, 0.15) is 11.8 Å². The zero-order valence-electron chi connectivity index (χ0n) is 9.32. The molecule has 2 heterocycles. The van der Waals surface area contributed by atoms with Crippen molar-refractivity contribution >= 4 is 17.7 Å². The van der Waals surface area contributed by atoms with Gasteiger partial charge in [-0.3, -0.25) is 10.1 Å². The Morgan fingerprint density at radius 3 is 3.19 bits per heavy atom. The summed E-state index contributed by atoms with van der Waals surface area (Å²) in [5.41, 5.74) is 0. The third-order valence-electron chi connectivity index (χ3n) is 2.40. The van der Waals surface area contributed by atoms with Gasteiger partial charge in [0.05, 0.1) is 12.2 Å². The van der Waals surface area contributed by atoms with E-state index in [-0.39, 0.29) is 18.0 Å². The zero-order chi connectivity index (χ0) is 11.5. The maximum Gasteiger partial charge on any atom is 0.238 e. The molecule has 0 bridgehead atoms. The molecule has 5 nitrogen and oxygen atoms in total. The molecule has 6 heteroatoms. The molecule has 2 rings (SSSR count). The van der Waals surface area contributed by atoms with E-state index in [0.717, 1.165) is 17.4 Å². The average Bonchev–Trinajstić information content (AvgIpc) is 2.87. The molecular formula is C10H15N3O2S. The fraction of sp³-hybridized carbons (Fsp3) is 0.600. The van der Waals surface area contributed by atoms with Crippen LogP contribution in [0.3, 0.4) is 0 Å². The number of hydrogen-bond acceptors (Lipinski definition) is 5. The van der Waals surface area contributed by atoms with Crippen LogP contribution >= 0.6 is 11.8 Å². The van der Waals surface area contributed by atoms with Crippen molar-refractivity contribution in [3.63, 3.8) is 0 Å². The highest BCUT2D eigenvalue weighted by Crippen LogP contribution is 2.14. The van der Waals surface area contributed by atoms with E-state index in [0.29, 0.717) is 5.89 Å². The fourth-order valence-corrected chi connectivity index (χ4v) is 2.45. The summed E-state index contributed by atoms with van der Waals surface area (Å²) in [6.45, 7) is 3.70. The molecule has 1 amide bonds. The third kappa shape index (κ3) is 2.56. The van der Waals surface area contributed by atoms with Crippen LogP contribution in [-0.4, -0.2) is 28.6 Å². The van der Waals surface area contributed by atoms with Crippen molar-refractivity contribution < 1.29 is 9.21 Å². The van der Waals surface area contributed by atoms with Crippen LogP contribution in [0.1, 0.15) is 24.6 Å². The Morgan fingerprint density at radius 2 is 2.62 bits per heavy atom. The number of thioether (sulfide) groups is 1. The number of carbonyl (C=O) groups excluding carboxylic acids is 1. The molecule has 2 atom stereocenters. The van der Waals surface area contributed by atoms with Gasteiger partial charge < -0.3 is 9.73 Å².